The summed E-state index contributed by atoms with van der Waals surface area (Å²) in [5, 5.41) is 4.47. The number of hydrogen-bond acceptors (Lipinski definition) is 3. The predicted octanol–water partition coefficient (Wildman–Crippen LogP) is 3.67. The van der Waals surface area contributed by atoms with E-state index in [1.165, 1.54) is 16.3 Å². The first-order chi connectivity index (χ1) is 13.6. The number of anilines is 1. The SMILES string of the molecule is CC1Cc2ccccc2N1C(=O)CCCn1nc(-c2ccccc2)ccc1=O. The normalized spacial score (nSPS) is 15.5. The molecule has 1 aliphatic rings. The molecule has 2 heterocycles. The summed E-state index contributed by atoms with van der Waals surface area (Å²) in [6.45, 7) is 2.50. The van der Waals surface area contributed by atoms with Gasteiger partial charge in [0.05, 0.1) is 5.69 Å². The van der Waals surface area contributed by atoms with Crippen molar-refractivity contribution in [1.29, 1.82) is 0 Å². The highest BCUT2D eigenvalue weighted by molar-refractivity contribution is 5.96. The smallest absolute Gasteiger partial charge is 0.266 e. The van der Waals surface area contributed by atoms with Crippen molar-refractivity contribution in [2.75, 3.05) is 4.90 Å². The Bertz CT molecular complexity index is 1040. The van der Waals surface area contributed by atoms with Crippen LogP contribution in [0.1, 0.15) is 25.3 Å². The van der Waals surface area contributed by atoms with Crippen LogP contribution in [0.15, 0.2) is 71.5 Å². The highest BCUT2D eigenvalue weighted by atomic mass is 16.2. The summed E-state index contributed by atoms with van der Waals surface area (Å²) in [4.78, 5) is 26.9. The second-order valence-electron chi connectivity index (χ2n) is 7.20. The van der Waals surface area contributed by atoms with Gasteiger partial charge in [-0.05, 0) is 37.5 Å². The van der Waals surface area contributed by atoms with E-state index in [1.54, 1.807) is 6.07 Å². The number of amides is 1. The van der Waals surface area contributed by atoms with Gasteiger partial charge in [0.25, 0.3) is 5.56 Å². The molecule has 0 saturated heterocycles. The lowest BCUT2D eigenvalue weighted by Crippen LogP contribution is -2.35. The maximum Gasteiger partial charge on any atom is 0.266 e. The molecule has 1 atom stereocenters. The summed E-state index contributed by atoms with van der Waals surface area (Å²) in [5.74, 6) is 0.102. The molecule has 5 nitrogen and oxygen atoms in total. The van der Waals surface area contributed by atoms with E-state index in [2.05, 4.69) is 18.1 Å². The van der Waals surface area contributed by atoms with E-state index >= 15 is 0 Å². The average Bonchev–Trinajstić information content (AvgIpc) is 3.05. The van der Waals surface area contributed by atoms with Gasteiger partial charge < -0.3 is 4.90 Å². The van der Waals surface area contributed by atoms with Crippen LogP contribution in [0.2, 0.25) is 0 Å². The largest absolute Gasteiger partial charge is 0.309 e. The Labute approximate surface area is 164 Å². The fourth-order valence-electron chi connectivity index (χ4n) is 3.82. The molecule has 3 aromatic rings. The second-order valence-corrected chi connectivity index (χ2v) is 7.20. The van der Waals surface area contributed by atoms with E-state index in [9.17, 15) is 9.59 Å². The van der Waals surface area contributed by atoms with Crippen LogP contribution < -0.4 is 10.5 Å². The van der Waals surface area contributed by atoms with Crippen LogP contribution >= 0.6 is 0 Å². The Morgan fingerprint density at radius 1 is 1.04 bits per heavy atom. The molecule has 0 saturated carbocycles. The number of benzene rings is 2. The highest BCUT2D eigenvalue weighted by Crippen LogP contribution is 2.32. The minimum absolute atomic E-state index is 0.102. The number of para-hydroxylation sites is 1. The van der Waals surface area contributed by atoms with Crippen molar-refractivity contribution in [3.63, 3.8) is 0 Å². The van der Waals surface area contributed by atoms with Crippen molar-refractivity contribution in [1.82, 2.24) is 9.78 Å². The number of rotatable bonds is 5. The number of fused-ring (bicyclic) bond motifs is 1. The zero-order chi connectivity index (χ0) is 19.5. The molecule has 1 amide bonds. The van der Waals surface area contributed by atoms with E-state index in [0.29, 0.717) is 19.4 Å². The van der Waals surface area contributed by atoms with Gasteiger partial charge >= 0.3 is 0 Å². The molecule has 0 bridgehead atoms. The molecule has 1 unspecified atom stereocenters. The van der Waals surface area contributed by atoms with Gasteiger partial charge in [0.2, 0.25) is 5.91 Å². The molecule has 4 rings (SSSR count). The molecular formula is C23H23N3O2. The van der Waals surface area contributed by atoms with Crippen molar-refractivity contribution in [3.05, 3.63) is 82.6 Å². The predicted molar refractivity (Wildman–Crippen MR) is 110 cm³/mol. The lowest BCUT2D eigenvalue weighted by molar-refractivity contribution is -0.119. The standard InChI is InChI=1S/C23H23N3O2/c1-17-16-19-10-5-6-11-21(19)26(17)23(28)12-7-15-25-22(27)14-13-20(24-25)18-8-3-2-4-9-18/h2-6,8-11,13-14,17H,7,12,15-16H2,1H3. The topological polar surface area (TPSA) is 55.2 Å². The quantitative estimate of drug-likeness (QED) is 0.686. The lowest BCUT2D eigenvalue weighted by atomic mass is 10.1. The molecule has 28 heavy (non-hydrogen) atoms. The fraction of sp³-hybridized carbons (Fsp3) is 0.261. The van der Waals surface area contributed by atoms with Crippen molar-refractivity contribution < 1.29 is 4.79 Å². The van der Waals surface area contributed by atoms with Crippen molar-refractivity contribution >= 4 is 11.6 Å². The second kappa shape index (κ2) is 7.80. The first-order valence-corrected chi connectivity index (χ1v) is 9.67. The van der Waals surface area contributed by atoms with E-state index < -0.39 is 0 Å². The summed E-state index contributed by atoms with van der Waals surface area (Å²) in [5.41, 5.74) is 3.81. The Kier molecular flexibility index (Phi) is 5.06. The molecule has 0 aliphatic carbocycles. The number of carbonyl (C=O) groups is 1. The maximum atomic E-state index is 12.8. The van der Waals surface area contributed by atoms with Gasteiger partial charge in [0.1, 0.15) is 0 Å². The third kappa shape index (κ3) is 3.60. The van der Waals surface area contributed by atoms with E-state index in [-0.39, 0.29) is 17.5 Å². The first-order valence-electron chi connectivity index (χ1n) is 9.67. The number of aryl methyl sites for hydroxylation is 1. The van der Waals surface area contributed by atoms with Crippen molar-refractivity contribution in [2.24, 2.45) is 0 Å². The molecule has 1 aliphatic heterocycles. The third-order valence-electron chi connectivity index (χ3n) is 5.17. The molecule has 0 spiro atoms. The fourth-order valence-corrected chi connectivity index (χ4v) is 3.82. The van der Waals surface area contributed by atoms with Gasteiger partial charge in [-0.3, -0.25) is 9.59 Å². The lowest BCUT2D eigenvalue weighted by Gasteiger charge is -2.22. The van der Waals surface area contributed by atoms with Crippen LogP contribution in [0.3, 0.4) is 0 Å². The molecular weight excluding hydrogens is 350 g/mol. The number of hydrogen-bond donors (Lipinski definition) is 0. The summed E-state index contributed by atoms with van der Waals surface area (Å²) in [6, 6.07) is 21.3. The minimum atomic E-state index is -0.146. The Hall–Kier alpha value is -3.21. The monoisotopic (exact) mass is 373 g/mol. The summed E-state index contributed by atoms with van der Waals surface area (Å²) in [7, 11) is 0. The maximum absolute atomic E-state index is 12.8. The van der Waals surface area contributed by atoms with Gasteiger partial charge in [0, 0.05) is 36.3 Å². The molecule has 0 fully saturated rings. The number of aromatic nitrogens is 2. The highest BCUT2D eigenvalue weighted by Gasteiger charge is 2.29. The van der Waals surface area contributed by atoms with E-state index in [1.807, 2.05) is 53.4 Å². The van der Waals surface area contributed by atoms with Crippen LogP contribution in [0, 0.1) is 0 Å². The molecule has 0 radical (unpaired) electrons. The molecule has 1 aromatic heterocycles. The minimum Gasteiger partial charge on any atom is -0.309 e. The van der Waals surface area contributed by atoms with Crippen molar-refractivity contribution in [3.8, 4) is 11.3 Å². The number of carbonyl (C=O) groups excluding carboxylic acids is 1. The van der Waals surface area contributed by atoms with Gasteiger partial charge in [0.15, 0.2) is 0 Å². The Morgan fingerprint density at radius 3 is 2.61 bits per heavy atom. The van der Waals surface area contributed by atoms with Gasteiger partial charge in [-0.25, -0.2) is 4.68 Å². The van der Waals surface area contributed by atoms with Crippen LogP contribution in [-0.4, -0.2) is 21.7 Å². The molecule has 0 N–H and O–H groups in total. The van der Waals surface area contributed by atoms with E-state index in [4.69, 9.17) is 0 Å². The third-order valence-corrected chi connectivity index (χ3v) is 5.17. The van der Waals surface area contributed by atoms with Crippen LogP contribution in [0.25, 0.3) is 11.3 Å². The van der Waals surface area contributed by atoms with Gasteiger partial charge in [-0.2, -0.15) is 5.10 Å². The van der Waals surface area contributed by atoms with Crippen LogP contribution in [-0.2, 0) is 17.8 Å². The van der Waals surface area contributed by atoms with Crippen LogP contribution in [0.4, 0.5) is 5.69 Å². The van der Waals surface area contributed by atoms with E-state index in [0.717, 1.165) is 23.4 Å². The van der Waals surface area contributed by atoms with Gasteiger partial charge in [-0.15, -0.1) is 0 Å². The molecule has 5 heteroatoms. The van der Waals surface area contributed by atoms with Gasteiger partial charge in [-0.1, -0.05) is 48.5 Å². The summed E-state index contributed by atoms with van der Waals surface area (Å²) in [6.07, 6.45) is 1.86. The average molecular weight is 373 g/mol. The zero-order valence-corrected chi connectivity index (χ0v) is 15.9. The zero-order valence-electron chi connectivity index (χ0n) is 15.9. The summed E-state index contributed by atoms with van der Waals surface area (Å²) >= 11 is 0. The molecule has 2 aromatic carbocycles. The first kappa shape index (κ1) is 18.2. The Balaban J connectivity index is 1.43. The van der Waals surface area contributed by atoms with Crippen molar-refractivity contribution in [2.45, 2.75) is 38.8 Å². The number of nitrogens with zero attached hydrogens (tertiary/aromatic N) is 3. The Morgan fingerprint density at radius 2 is 1.79 bits per heavy atom. The summed E-state index contributed by atoms with van der Waals surface area (Å²) < 4.78 is 1.46. The molecule has 142 valence electrons. The van der Waals surface area contributed by atoms with Crippen LogP contribution in [0.5, 0.6) is 0 Å².